The van der Waals surface area contributed by atoms with E-state index in [1.54, 1.807) is 0 Å². The van der Waals surface area contributed by atoms with E-state index in [1.165, 1.54) is 23.0 Å². The largest absolute Gasteiger partial charge is 0.365 e. The van der Waals surface area contributed by atoms with Crippen LogP contribution in [-0.4, -0.2) is 16.6 Å². The van der Waals surface area contributed by atoms with Gasteiger partial charge in [-0.2, -0.15) is 5.26 Å². The summed E-state index contributed by atoms with van der Waals surface area (Å²) in [6.07, 6.45) is 5.32. The molecule has 0 unspecified atom stereocenters. The van der Waals surface area contributed by atoms with Gasteiger partial charge in [-0.05, 0) is 36.6 Å². The van der Waals surface area contributed by atoms with Crippen molar-refractivity contribution >= 4 is 22.6 Å². The van der Waals surface area contributed by atoms with Crippen LogP contribution < -0.4 is 5.73 Å². The van der Waals surface area contributed by atoms with Crippen molar-refractivity contribution in [2.45, 2.75) is 52.9 Å². The number of amides is 1. The Hall–Kier alpha value is -1.67. The number of aromatic nitrogens is 1. The third-order valence-corrected chi connectivity index (χ3v) is 4.41. The van der Waals surface area contributed by atoms with Gasteiger partial charge in [0.1, 0.15) is 11.6 Å². The Morgan fingerprint density at radius 2 is 2.05 bits per heavy atom. The molecule has 1 aromatic rings. The molecule has 0 atom stereocenters. The lowest BCUT2D eigenvalue weighted by molar-refractivity contribution is -0.114. The maximum atomic E-state index is 11.5. The van der Waals surface area contributed by atoms with Gasteiger partial charge in [-0.1, -0.05) is 33.6 Å². The predicted molar refractivity (Wildman–Crippen MR) is 93.3 cm³/mol. The van der Waals surface area contributed by atoms with Gasteiger partial charge >= 0.3 is 0 Å². The highest BCUT2D eigenvalue weighted by atomic mass is 32.2. The van der Waals surface area contributed by atoms with E-state index in [2.05, 4.69) is 24.9 Å². The van der Waals surface area contributed by atoms with Crippen LogP contribution in [0, 0.1) is 11.3 Å². The lowest BCUT2D eigenvalue weighted by Gasteiger charge is -2.05. The van der Waals surface area contributed by atoms with Gasteiger partial charge < -0.3 is 10.7 Å². The van der Waals surface area contributed by atoms with Crippen molar-refractivity contribution in [3.8, 4) is 6.07 Å². The summed E-state index contributed by atoms with van der Waals surface area (Å²) in [4.78, 5) is 15.6. The van der Waals surface area contributed by atoms with Crippen molar-refractivity contribution in [2.24, 2.45) is 5.73 Å². The number of carbonyl (C=O) groups excluding carboxylic acids is 1. The highest BCUT2D eigenvalue weighted by Gasteiger charge is 2.18. The molecule has 1 aromatic heterocycles. The van der Waals surface area contributed by atoms with E-state index in [0.29, 0.717) is 4.91 Å². The van der Waals surface area contributed by atoms with Gasteiger partial charge in [-0.15, -0.1) is 11.8 Å². The molecule has 0 bridgehead atoms. The Balaban J connectivity index is 3.31. The van der Waals surface area contributed by atoms with Gasteiger partial charge in [0.15, 0.2) is 0 Å². The van der Waals surface area contributed by atoms with Gasteiger partial charge in [0.25, 0.3) is 5.91 Å². The predicted octanol–water partition coefficient (Wildman–Crippen LogP) is 3.78. The lowest BCUT2D eigenvalue weighted by Crippen LogP contribution is -2.14. The highest BCUT2D eigenvalue weighted by Crippen LogP contribution is 2.32. The van der Waals surface area contributed by atoms with Crippen molar-refractivity contribution in [1.29, 1.82) is 5.26 Å². The standard InChI is InChI=1S/C17H25N3OS/c1-4-7-9-14-12(8-5-2)10-15(20-14)16(22-6-3)13(11-18)17(19)21/h10,20H,4-9H2,1-3H3,(H2,19,21)/b16-13+. The Bertz CT molecular complexity index is 581. The molecule has 0 saturated carbocycles. The van der Waals surface area contributed by atoms with Crippen molar-refractivity contribution in [3.05, 3.63) is 28.6 Å². The van der Waals surface area contributed by atoms with E-state index < -0.39 is 5.91 Å². The Morgan fingerprint density at radius 1 is 1.32 bits per heavy atom. The topological polar surface area (TPSA) is 82.7 Å². The van der Waals surface area contributed by atoms with Gasteiger partial charge in [0.2, 0.25) is 0 Å². The highest BCUT2D eigenvalue weighted by molar-refractivity contribution is 8.08. The van der Waals surface area contributed by atoms with E-state index in [4.69, 9.17) is 5.73 Å². The van der Waals surface area contributed by atoms with Crippen LogP contribution in [0.4, 0.5) is 0 Å². The number of thioether (sulfide) groups is 1. The average molecular weight is 319 g/mol. The fourth-order valence-corrected chi connectivity index (χ4v) is 3.22. The molecule has 0 fully saturated rings. The molecule has 5 heteroatoms. The second-order valence-corrected chi connectivity index (χ2v) is 6.43. The number of nitrogens with one attached hydrogen (secondary N) is 1. The van der Waals surface area contributed by atoms with E-state index in [9.17, 15) is 10.1 Å². The summed E-state index contributed by atoms with van der Waals surface area (Å²) in [6, 6.07) is 4.03. The second-order valence-electron chi connectivity index (χ2n) is 5.15. The van der Waals surface area contributed by atoms with Gasteiger partial charge in [-0.25, -0.2) is 0 Å². The zero-order valence-electron chi connectivity index (χ0n) is 13.7. The fraction of sp³-hybridized carbons (Fsp3) is 0.529. The van der Waals surface area contributed by atoms with E-state index in [1.807, 2.05) is 13.0 Å². The van der Waals surface area contributed by atoms with Crippen LogP contribution in [0.2, 0.25) is 0 Å². The molecule has 0 radical (unpaired) electrons. The van der Waals surface area contributed by atoms with Crippen LogP contribution in [0.5, 0.6) is 0 Å². The number of hydrogen-bond acceptors (Lipinski definition) is 3. The number of unbranched alkanes of at least 4 members (excludes halogenated alkanes) is 1. The average Bonchev–Trinajstić information content (AvgIpc) is 2.88. The molecule has 120 valence electrons. The van der Waals surface area contributed by atoms with Crippen LogP contribution in [-0.2, 0) is 17.6 Å². The number of rotatable bonds is 9. The minimum absolute atomic E-state index is 0.0400. The van der Waals surface area contributed by atoms with Crippen LogP contribution in [0.1, 0.15) is 57.0 Å². The van der Waals surface area contributed by atoms with Crippen LogP contribution in [0.15, 0.2) is 11.6 Å². The van der Waals surface area contributed by atoms with Gasteiger partial charge in [0, 0.05) is 5.69 Å². The van der Waals surface area contributed by atoms with E-state index in [-0.39, 0.29) is 5.57 Å². The second kappa shape index (κ2) is 9.37. The van der Waals surface area contributed by atoms with Crippen LogP contribution >= 0.6 is 11.8 Å². The summed E-state index contributed by atoms with van der Waals surface area (Å²) in [5.41, 5.74) is 8.73. The van der Waals surface area contributed by atoms with E-state index in [0.717, 1.165) is 43.6 Å². The summed E-state index contributed by atoms with van der Waals surface area (Å²) in [5.74, 6) is 0.112. The zero-order chi connectivity index (χ0) is 16.5. The normalized spacial score (nSPS) is 11.9. The monoisotopic (exact) mass is 319 g/mol. The number of nitriles is 1. The lowest BCUT2D eigenvalue weighted by atomic mass is 10.1. The third kappa shape index (κ3) is 4.67. The van der Waals surface area contributed by atoms with Crippen molar-refractivity contribution in [3.63, 3.8) is 0 Å². The fourth-order valence-electron chi connectivity index (χ4n) is 2.38. The Morgan fingerprint density at radius 3 is 2.55 bits per heavy atom. The molecular formula is C17H25N3OS. The molecule has 0 saturated heterocycles. The summed E-state index contributed by atoms with van der Waals surface area (Å²) in [7, 11) is 0. The van der Waals surface area contributed by atoms with Crippen molar-refractivity contribution in [1.82, 2.24) is 4.98 Å². The zero-order valence-corrected chi connectivity index (χ0v) is 14.5. The quantitative estimate of drug-likeness (QED) is 0.536. The molecule has 1 rings (SSSR count). The first-order valence-corrected chi connectivity index (χ1v) is 8.85. The minimum atomic E-state index is -0.666. The van der Waals surface area contributed by atoms with Crippen LogP contribution in [0.3, 0.4) is 0 Å². The molecule has 3 N–H and O–H groups in total. The molecule has 4 nitrogen and oxygen atoms in total. The van der Waals surface area contributed by atoms with E-state index >= 15 is 0 Å². The molecule has 0 spiro atoms. The number of nitrogens with zero attached hydrogens (tertiary/aromatic N) is 1. The number of aromatic amines is 1. The smallest absolute Gasteiger partial charge is 0.260 e. The number of aryl methyl sites for hydroxylation is 2. The number of nitrogens with two attached hydrogens (primary N) is 1. The maximum absolute atomic E-state index is 11.5. The first-order valence-electron chi connectivity index (χ1n) is 7.86. The van der Waals surface area contributed by atoms with Crippen molar-refractivity contribution in [2.75, 3.05) is 5.75 Å². The first kappa shape index (κ1) is 18.4. The summed E-state index contributed by atoms with van der Waals surface area (Å²) in [5, 5.41) is 9.24. The summed E-state index contributed by atoms with van der Waals surface area (Å²) >= 11 is 1.48. The number of primary amides is 1. The molecule has 0 aliphatic rings. The summed E-state index contributed by atoms with van der Waals surface area (Å²) in [6.45, 7) is 6.31. The maximum Gasteiger partial charge on any atom is 0.260 e. The van der Waals surface area contributed by atoms with Crippen molar-refractivity contribution < 1.29 is 4.79 Å². The summed E-state index contributed by atoms with van der Waals surface area (Å²) < 4.78 is 0. The van der Waals surface area contributed by atoms with Gasteiger partial charge in [-0.3, -0.25) is 4.79 Å². The number of H-pyrrole nitrogens is 1. The SMILES string of the molecule is CCCCc1[nH]c(/C(SCC)=C(/C#N)C(N)=O)cc1CCC. The van der Waals surface area contributed by atoms with Gasteiger partial charge in [0.05, 0.1) is 10.6 Å². The first-order chi connectivity index (χ1) is 10.6. The molecule has 1 heterocycles. The Labute approximate surface area is 137 Å². The Kier molecular flexibility index (Phi) is 7.83. The molecule has 22 heavy (non-hydrogen) atoms. The molecular weight excluding hydrogens is 294 g/mol. The molecule has 0 aliphatic heterocycles. The minimum Gasteiger partial charge on any atom is -0.365 e. The number of carbonyl (C=O) groups is 1. The van der Waals surface area contributed by atoms with Crippen LogP contribution in [0.25, 0.3) is 4.91 Å². The molecule has 1 amide bonds. The number of hydrogen-bond donors (Lipinski definition) is 2. The molecule has 0 aromatic carbocycles. The third-order valence-electron chi connectivity index (χ3n) is 3.41. The molecule has 0 aliphatic carbocycles.